The fraction of sp³-hybridized carbons (Fsp3) is 0.533. The summed E-state index contributed by atoms with van der Waals surface area (Å²) in [5.74, 6) is -0.233. The number of nitriles is 1. The lowest BCUT2D eigenvalue weighted by atomic mass is 10.1. The van der Waals surface area contributed by atoms with Crippen LogP contribution in [0, 0.1) is 24.1 Å². The molecule has 0 radical (unpaired) electrons. The summed E-state index contributed by atoms with van der Waals surface area (Å²) < 4.78 is 13.2. The number of halogens is 1. The number of rotatable bonds is 7. The van der Waals surface area contributed by atoms with Crippen LogP contribution < -0.4 is 5.32 Å². The summed E-state index contributed by atoms with van der Waals surface area (Å²) >= 11 is 0. The van der Waals surface area contributed by atoms with Gasteiger partial charge in [0.1, 0.15) is 11.9 Å². The Bertz CT molecular complexity index is 436. The SMILES string of the molecule is CCN(CC)CCNC(C#N)c1ccc(F)c(C)c1. The molecule has 0 aliphatic carbocycles. The highest BCUT2D eigenvalue weighted by Crippen LogP contribution is 2.16. The van der Waals surface area contributed by atoms with Gasteiger partial charge in [-0.05, 0) is 37.2 Å². The van der Waals surface area contributed by atoms with Crippen molar-refractivity contribution in [3.05, 3.63) is 35.1 Å². The van der Waals surface area contributed by atoms with E-state index in [9.17, 15) is 9.65 Å². The summed E-state index contributed by atoms with van der Waals surface area (Å²) in [6.45, 7) is 9.62. The zero-order chi connectivity index (χ0) is 14.3. The molecule has 0 amide bonds. The molecule has 0 bridgehead atoms. The van der Waals surface area contributed by atoms with Crippen molar-refractivity contribution in [3.63, 3.8) is 0 Å². The molecule has 4 heteroatoms. The third kappa shape index (κ3) is 4.62. The van der Waals surface area contributed by atoms with E-state index in [1.165, 1.54) is 6.07 Å². The fourth-order valence-electron chi connectivity index (χ4n) is 1.99. The van der Waals surface area contributed by atoms with Gasteiger partial charge in [-0.25, -0.2) is 4.39 Å². The lowest BCUT2D eigenvalue weighted by Gasteiger charge is -2.19. The van der Waals surface area contributed by atoms with E-state index >= 15 is 0 Å². The molecule has 1 N–H and O–H groups in total. The third-order valence-electron chi connectivity index (χ3n) is 3.32. The van der Waals surface area contributed by atoms with Crippen molar-refractivity contribution in [2.24, 2.45) is 0 Å². The topological polar surface area (TPSA) is 39.1 Å². The highest BCUT2D eigenvalue weighted by atomic mass is 19.1. The first-order valence-corrected chi connectivity index (χ1v) is 6.73. The van der Waals surface area contributed by atoms with Crippen molar-refractivity contribution in [2.75, 3.05) is 26.2 Å². The predicted octanol–water partition coefficient (Wildman–Crippen LogP) is 2.63. The molecule has 0 fully saturated rings. The maximum absolute atomic E-state index is 13.2. The molecule has 1 aromatic carbocycles. The Hall–Kier alpha value is -1.44. The normalized spacial score (nSPS) is 12.4. The first kappa shape index (κ1) is 15.6. The molecule has 104 valence electrons. The Morgan fingerprint density at radius 2 is 2.05 bits per heavy atom. The van der Waals surface area contributed by atoms with Crippen LogP contribution in [0.15, 0.2) is 18.2 Å². The second-order valence-corrected chi connectivity index (χ2v) is 4.55. The molecule has 0 aliphatic heterocycles. The first-order chi connectivity index (χ1) is 9.12. The molecule has 0 saturated carbocycles. The Labute approximate surface area is 115 Å². The average molecular weight is 263 g/mol. The number of likely N-dealkylation sites (N-methyl/N-ethyl adjacent to an activating group) is 1. The maximum Gasteiger partial charge on any atom is 0.126 e. The summed E-state index contributed by atoms with van der Waals surface area (Å²) in [5, 5.41) is 12.4. The summed E-state index contributed by atoms with van der Waals surface area (Å²) in [6.07, 6.45) is 0. The van der Waals surface area contributed by atoms with Gasteiger partial charge >= 0.3 is 0 Å². The molecule has 1 aromatic rings. The number of hydrogen-bond donors (Lipinski definition) is 1. The van der Waals surface area contributed by atoms with E-state index in [0.717, 1.165) is 31.7 Å². The van der Waals surface area contributed by atoms with Gasteiger partial charge in [0.2, 0.25) is 0 Å². The minimum absolute atomic E-state index is 0.233. The van der Waals surface area contributed by atoms with Crippen LogP contribution in [0.5, 0.6) is 0 Å². The molecule has 0 aromatic heterocycles. The standard InChI is InChI=1S/C15H22FN3/c1-4-19(5-2)9-8-18-15(11-17)13-6-7-14(16)12(3)10-13/h6-7,10,15,18H,4-5,8-9H2,1-3H3. The lowest BCUT2D eigenvalue weighted by molar-refractivity contribution is 0.300. The van der Waals surface area contributed by atoms with E-state index in [1.54, 1.807) is 19.1 Å². The molecular formula is C15H22FN3. The van der Waals surface area contributed by atoms with Gasteiger partial charge in [-0.15, -0.1) is 0 Å². The number of nitrogens with one attached hydrogen (secondary N) is 1. The molecule has 1 rings (SSSR count). The number of aryl methyl sites for hydroxylation is 1. The smallest absolute Gasteiger partial charge is 0.126 e. The molecule has 19 heavy (non-hydrogen) atoms. The van der Waals surface area contributed by atoms with Crippen LogP contribution >= 0.6 is 0 Å². The molecule has 0 saturated heterocycles. The highest BCUT2D eigenvalue weighted by Gasteiger charge is 2.11. The second kappa shape index (κ2) is 7.88. The molecule has 0 spiro atoms. The van der Waals surface area contributed by atoms with Crippen LogP contribution in [0.1, 0.15) is 31.0 Å². The van der Waals surface area contributed by atoms with E-state index in [2.05, 4.69) is 30.1 Å². The fourth-order valence-corrected chi connectivity index (χ4v) is 1.99. The summed E-state index contributed by atoms with van der Waals surface area (Å²) in [4.78, 5) is 2.29. The van der Waals surface area contributed by atoms with Crippen molar-refractivity contribution in [3.8, 4) is 6.07 Å². The molecular weight excluding hydrogens is 241 g/mol. The Balaban J connectivity index is 2.59. The Morgan fingerprint density at radius 1 is 1.37 bits per heavy atom. The van der Waals surface area contributed by atoms with Gasteiger partial charge in [0.05, 0.1) is 6.07 Å². The quantitative estimate of drug-likeness (QED) is 0.822. The lowest BCUT2D eigenvalue weighted by Crippen LogP contribution is -2.33. The summed E-state index contributed by atoms with van der Waals surface area (Å²) in [5.41, 5.74) is 1.39. The Morgan fingerprint density at radius 3 is 2.58 bits per heavy atom. The number of benzene rings is 1. The van der Waals surface area contributed by atoms with Crippen molar-refractivity contribution in [2.45, 2.75) is 26.8 Å². The van der Waals surface area contributed by atoms with Gasteiger partial charge in [0.25, 0.3) is 0 Å². The number of nitrogens with zero attached hydrogens (tertiary/aromatic N) is 2. The minimum Gasteiger partial charge on any atom is -0.303 e. The zero-order valence-electron chi connectivity index (χ0n) is 11.9. The predicted molar refractivity (Wildman–Crippen MR) is 75.3 cm³/mol. The maximum atomic E-state index is 13.2. The van der Waals surface area contributed by atoms with Crippen LogP contribution in [0.25, 0.3) is 0 Å². The van der Waals surface area contributed by atoms with Crippen LogP contribution in [0.2, 0.25) is 0 Å². The molecule has 3 nitrogen and oxygen atoms in total. The highest BCUT2D eigenvalue weighted by molar-refractivity contribution is 5.29. The summed E-state index contributed by atoms with van der Waals surface area (Å²) in [6, 6.07) is 6.66. The molecule has 1 atom stereocenters. The van der Waals surface area contributed by atoms with Gasteiger partial charge < -0.3 is 4.90 Å². The zero-order valence-corrected chi connectivity index (χ0v) is 11.9. The van der Waals surface area contributed by atoms with Gasteiger partial charge in [-0.2, -0.15) is 5.26 Å². The van der Waals surface area contributed by atoms with Gasteiger partial charge in [0, 0.05) is 13.1 Å². The van der Waals surface area contributed by atoms with Crippen molar-refractivity contribution < 1.29 is 4.39 Å². The van der Waals surface area contributed by atoms with Gasteiger partial charge in [-0.1, -0.05) is 26.0 Å². The van der Waals surface area contributed by atoms with Gasteiger partial charge in [0.15, 0.2) is 0 Å². The average Bonchev–Trinajstić information content (AvgIpc) is 2.42. The van der Waals surface area contributed by atoms with Crippen molar-refractivity contribution in [1.29, 1.82) is 5.26 Å². The molecule has 0 aliphatic rings. The molecule has 0 heterocycles. The van der Waals surface area contributed by atoms with E-state index < -0.39 is 0 Å². The third-order valence-corrected chi connectivity index (χ3v) is 3.32. The molecule has 1 unspecified atom stereocenters. The largest absolute Gasteiger partial charge is 0.303 e. The summed E-state index contributed by atoms with van der Waals surface area (Å²) in [7, 11) is 0. The van der Waals surface area contributed by atoms with Crippen LogP contribution in [-0.2, 0) is 0 Å². The van der Waals surface area contributed by atoms with Crippen LogP contribution in [-0.4, -0.2) is 31.1 Å². The van der Waals surface area contributed by atoms with Gasteiger partial charge in [-0.3, -0.25) is 5.32 Å². The second-order valence-electron chi connectivity index (χ2n) is 4.55. The van der Waals surface area contributed by atoms with Crippen LogP contribution in [0.4, 0.5) is 4.39 Å². The van der Waals surface area contributed by atoms with Crippen molar-refractivity contribution in [1.82, 2.24) is 10.2 Å². The monoisotopic (exact) mass is 263 g/mol. The minimum atomic E-state index is -0.380. The van der Waals surface area contributed by atoms with E-state index in [-0.39, 0.29) is 11.9 Å². The van der Waals surface area contributed by atoms with E-state index in [0.29, 0.717) is 5.56 Å². The van der Waals surface area contributed by atoms with Crippen molar-refractivity contribution >= 4 is 0 Å². The van der Waals surface area contributed by atoms with E-state index in [4.69, 9.17) is 0 Å². The van der Waals surface area contributed by atoms with E-state index in [1.807, 2.05) is 0 Å². The first-order valence-electron chi connectivity index (χ1n) is 6.73. The number of hydrogen-bond acceptors (Lipinski definition) is 3. The van der Waals surface area contributed by atoms with Crippen LogP contribution in [0.3, 0.4) is 0 Å². The Kier molecular flexibility index (Phi) is 6.48.